The summed E-state index contributed by atoms with van der Waals surface area (Å²) in [6.45, 7) is 5.00. The summed E-state index contributed by atoms with van der Waals surface area (Å²) in [5, 5.41) is 23.3. The molecule has 0 aromatic carbocycles. The second-order valence-electron chi connectivity index (χ2n) is 24.2. The van der Waals surface area contributed by atoms with Crippen molar-refractivity contribution in [3.63, 3.8) is 0 Å². The Morgan fingerprint density at radius 3 is 0.813 bits per heavy atom. The van der Waals surface area contributed by atoms with Crippen LogP contribution in [0.2, 0.25) is 0 Å². The molecule has 0 fully saturated rings. The molecule has 0 aliphatic heterocycles. The number of aliphatic hydroxyl groups is 2. The van der Waals surface area contributed by atoms with Gasteiger partial charge in [-0.1, -0.05) is 367 Å². The molecular weight excluding hydrogens is 923 g/mol. The quantitative estimate of drug-likeness (QED) is 0.0417. The normalized spacial score (nSPS) is 12.4. The molecule has 0 rings (SSSR count). The Morgan fingerprint density at radius 2 is 0.547 bits per heavy atom. The smallest absolute Gasteiger partial charge is 0.305 e. The summed E-state index contributed by atoms with van der Waals surface area (Å²) in [5.74, 6) is -0.00465. The predicted octanol–water partition coefficient (Wildman–Crippen LogP) is 22.2. The number of rotatable bonds is 66. The van der Waals surface area contributed by atoms with Crippen molar-refractivity contribution < 1.29 is 24.5 Å². The van der Waals surface area contributed by atoms with Gasteiger partial charge in [0.25, 0.3) is 0 Å². The van der Waals surface area contributed by atoms with Crippen LogP contribution in [-0.2, 0) is 14.3 Å². The van der Waals surface area contributed by atoms with Gasteiger partial charge in [-0.3, -0.25) is 9.59 Å². The van der Waals surface area contributed by atoms with E-state index < -0.39 is 12.1 Å². The van der Waals surface area contributed by atoms with Gasteiger partial charge >= 0.3 is 5.97 Å². The van der Waals surface area contributed by atoms with Crippen LogP contribution in [0.4, 0.5) is 0 Å². The monoisotopic (exact) mass is 1060 g/mol. The van der Waals surface area contributed by atoms with Crippen molar-refractivity contribution in [3.8, 4) is 0 Å². The van der Waals surface area contributed by atoms with Crippen molar-refractivity contribution in [2.24, 2.45) is 0 Å². The minimum atomic E-state index is -0.660. The minimum absolute atomic E-state index is 0.0227. The molecule has 0 radical (unpaired) electrons. The molecule has 448 valence electrons. The summed E-state index contributed by atoms with van der Waals surface area (Å²) in [7, 11) is 0. The van der Waals surface area contributed by atoms with Gasteiger partial charge < -0.3 is 20.3 Å². The Bertz CT molecular complexity index is 1080. The Hall–Kier alpha value is -1.14. The third-order valence-electron chi connectivity index (χ3n) is 16.7. The lowest BCUT2D eigenvalue weighted by Crippen LogP contribution is -2.45. The van der Waals surface area contributed by atoms with Crippen LogP contribution in [0.25, 0.3) is 0 Å². The average Bonchev–Trinajstić information content (AvgIpc) is 3.41. The summed E-state index contributed by atoms with van der Waals surface area (Å²) in [6.07, 6.45) is 78.7. The van der Waals surface area contributed by atoms with Crippen molar-refractivity contribution in [1.82, 2.24) is 5.32 Å². The molecule has 6 nitrogen and oxygen atoms in total. The van der Waals surface area contributed by atoms with Crippen molar-refractivity contribution >= 4 is 11.9 Å². The SMILES string of the molecule is CCCCCCCCCCCCCCCCCC(O)C(CO)NC(=O)CCCCCCCCCCCCCCCCCCCCCCCCCCCCCCCCOC(=O)CCCCCCCCCCCCCCC. The molecule has 3 N–H and O–H groups in total. The fraction of sp³-hybridized carbons (Fsp3) is 0.971. The first-order valence-corrected chi connectivity index (χ1v) is 34.8. The number of unbranched alkanes of at least 4 members (excludes halogenated alkanes) is 55. The molecule has 0 heterocycles. The lowest BCUT2D eigenvalue weighted by molar-refractivity contribution is -0.143. The van der Waals surface area contributed by atoms with Crippen LogP contribution in [0.1, 0.15) is 406 Å². The maximum absolute atomic E-state index is 12.5. The molecule has 0 saturated heterocycles. The molecule has 0 aliphatic carbocycles. The van der Waals surface area contributed by atoms with Crippen LogP contribution in [0.15, 0.2) is 0 Å². The zero-order chi connectivity index (χ0) is 54.3. The van der Waals surface area contributed by atoms with Gasteiger partial charge in [-0.15, -0.1) is 0 Å². The molecule has 0 spiro atoms. The first-order valence-electron chi connectivity index (χ1n) is 34.8. The zero-order valence-electron chi connectivity index (χ0n) is 51.3. The number of hydrogen-bond acceptors (Lipinski definition) is 5. The molecule has 0 bridgehead atoms. The number of aliphatic hydroxyl groups excluding tert-OH is 2. The van der Waals surface area contributed by atoms with Crippen molar-refractivity contribution in [2.75, 3.05) is 13.2 Å². The number of carbonyl (C=O) groups is 2. The molecule has 2 unspecified atom stereocenters. The predicted molar refractivity (Wildman–Crippen MR) is 329 cm³/mol. The summed E-state index contributed by atoms with van der Waals surface area (Å²) < 4.78 is 5.49. The highest BCUT2D eigenvalue weighted by atomic mass is 16.5. The molecule has 0 aliphatic rings. The minimum Gasteiger partial charge on any atom is -0.466 e. The third kappa shape index (κ3) is 61.9. The van der Waals surface area contributed by atoms with E-state index >= 15 is 0 Å². The van der Waals surface area contributed by atoms with Gasteiger partial charge in [-0.2, -0.15) is 0 Å². The van der Waals surface area contributed by atoms with Crippen LogP contribution in [0.5, 0.6) is 0 Å². The number of carbonyl (C=O) groups excluding carboxylic acids is 2. The van der Waals surface area contributed by atoms with Gasteiger partial charge in [-0.25, -0.2) is 0 Å². The van der Waals surface area contributed by atoms with Gasteiger partial charge in [0.05, 0.1) is 25.4 Å². The lowest BCUT2D eigenvalue weighted by atomic mass is 10.0. The molecule has 75 heavy (non-hydrogen) atoms. The fourth-order valence-corrected chi connectivity index (χ4v) is 11.4. The highest BCUT2D eigenvalue weighted by molar-refractivity contribution is 5.76. The third-order valence-corrected chi connectivity index (χ3v) is 16.7. The number of esters is 1. The van der Waals surface area contributed by atoms with Crippen LogP contribution in [0.3, 0.4) is 0 Å². The second-order valence-corrected chi connectivity index (χ2v) is 24.2. The van der Waals surface area contributed by atoms with Gasteiger partial charge in [0, 0.05) is 12.8 Å². The van der Waals surface area contributed by atoms with Gasteiger partial charge in [-0.05, 0) is 25.7 Å². The van der Waals surface area contributed by atoms with E-state index in [2.05, 4.69) is 19.2 Å². The largest absolute Gasteiger partial charge is 0.466 e. The average molecular weight is 1060 g/mol. The molecule has 1 amide bonds. The molecule has 0 aromatic rings. The van der Waals surface area contributed by atoms with Gasteiger partial charge in [0.15, 0.2) is 0 Å². The van der Waals surface area contributed by atoms with E-state index in [1.165, 1.54) is 334 Å². The van der Waals surface area contributed by atoms with Crippen molar-refractivity contribution in [3.05, 3.63) is 0 Å². The Labute approximate surface area is 470 Å². The number of ether oxygens (including phenoxy) is 1. The highest BCUT2D eigenvalue weighted by Gasteiger charge is 2.20. The molecule has 0 aromatic heterocycles. The van der Waals surface area contributed by atoms with E-state index in [0.717, 1.165) is 38.5 Å². The molecular formula is C69H137NO5. The number of amides is 1. The maximum atomic E-state index is 12.5. The molecule has 6 heteroatoms. The molecule has 2 atom stereocenters. The van der Waals surface area contributed by atoms with Gasteiger partial charge in [0.1, 0.15) is 0 Å². The van der Waals surface area contributed by atoms with E-state index in [0.29, 0.717) is 25.9 Å². The van der Waals surface area contributed by atoms with E-state index in [4.69, 9.17) is 4.74 Å². The number of hydrogen-bond donors (Lipinski definition) is 3. The second kappa shape index (κ2) is 65.4. The van der Waals surface area contributed by atoms with Crippen molar-refractivity contribution in [2.45, 2.75) is 418 Å². The van der Waals surface area contributed by atoms with Crippen LogP contribution < -0.4 is 5.32 Å². The first-order chi connectivity index (χ1) is 37.0. The topological polar surface area (TPSA) is 95.9 Å². The Kier molecular flexibility index (Phi) is 64.4. The highest BCUT2D eigenvalue weighted by Crippen LogP contribution is 2.19. The maximum Gasteiger partial charge on any atom is 0.305 e. The fourth-order valence-electron chi connectivity index (χ4n) is 11.4. The van der Waals surface area contributed by atoms with Crippen molar-refractivity contribution in [1.29, 1.82) is 0 Å². The lowest BCUT2D eigenvalue weighted by Gasteiger charge is -2.22. The Balaban J connectivity index is 3.31. The summed E-state index contributed by atoms with van der Waals surface area (Å²) >= 11 is 0. The summed E-state index contributed by atoms with van der Waals surface area (Å²) in [5.41, 5.74) is 0. The zero-order valence-corrected chi connectivity index (χ0v) is 51.3. The van der Waals surface area contributed by atoms with E-state index in [1.54, 1.807) is 0 Å². The Morgan fingerprint density at radius 1 is 0.320 bits per heavy atom. The van der Waals surface area contributed by atoms with Crippen LogP contribution in [0, 0.1) is 0 Å². The van der Waals surface area contributed by atoms with E-state index in [-0.39, 0.29) is 18.5 Å². The number of nitrogens with one attached hydrogen (secondary N) is 1. The van der Waals surface area contributed by atoms with Crippen LogP contribution >= 0.6 is 0 Å². The summed E-state index contributed by atoms with van der Waals surface area (Å²) in [4.78, 5) is 24.6. The standard InChI is InChI=1S/C69H137NO5/c1-3-5-7-9-11-13-15-17-34-38-41-45-49-53-57-61-67(72)66(65-71)70-68(73)62-58-54-50-46-42-39-35-32-30-28-26-24-22-20-18-19-21-23-25-27-29-31-33-36-40-44-48-52-56-60-64-75-69(74)63-59-55-51-47-43-37-16-14-12-10-8-6-4-2/h66-67,71-72H,3-65H2,1-2H3,(H,70,73). The van der Waals surface area contributed by atoms with Crippen LogP contribution in [-0.4, -0.2) is 47.4 Å². The summed E-state index contributed by atoms with van der Waals surface area (Å²) in [6, 6.07) is -0.537. The first kappa shape index (κ1) is 73.9. The van der Waals surface area contributed by atoms with E-state index in [1.807, 2.05) is 0 Å². The molecule has 0 saturated carbocycles. The van der Waals surface area contributed by atoms with E-state index in [9.17, 15) is 19.8 Å². The van der Waals surface area contributed by atoms with Gasteiger partial charge in [0.2, 0.25) is 5.91 Å².